The van der Waals surface area contributed by atoms with Crippen molar-refractivity contribution in [3.8, 4) is 5.88 Å². The van der Waals surface area contributed by atoms with Crippen LogP contribution in [0.2, 0.25) is 0 Å². The summed E-state index contributed by atoms with van der Waals surface area (Å²) in [5, 5.41) is 10.2. The first-order chi connectivity index (χ1) is 8.53. The lowest BCUT2D eigenvalue weighted by atomic mass is 9.82. The van der Waals surface area contributed by atoms with Crippen LogP contribution in [-0.4, -0.2) is 28.1 Å². The first-order valence-electron chi connectivity index (χ1n) is 5.94. The average Bonchev–Trinajstić information content (AvgIpc) is 2.36. The summed E-state index contributed by atoms with van der Waals surface area (Å²) in [4.78, 5) is 7.91. The summed E-state index contributed by atoms with van der Waals surface area (Å²) in [6, 6.07) is 0. The molecule has 0 amide bonds. The molecular weight excluding hydrogens is 242 g/mol. The molecule has 1 heterocycles. The minimum atomic E-state index is -2.70. The van der Waals surface area contributed by atoms with Gasteiger partial charge in [-0.1, -0.05) is 0 Å². The molecular formula is C12H16F2N2O2. The van der Waals surface area contributed by atoms with Gasteiger partial charge in [-0.05, 0) is 18.8 Å². The van der Waals surface area contributed by atoms with Gasteiger partial charge in [0, 0.05) is 25.2 Å². The van der Waals surface area contributed by atoms with Crippen LogP contribution >= 0.6 is 0 Å². The first kappa shape index (κ1) is 13.1. The summed E-state index contributed by atoms with van der Waals surface area (Å²) in [6.07, 6.45) is 2.36. The third-order valence-electron chi connectivity index (χ3n) is 3.29. The highest BCUT2D eigenvalue weighted by molar-refractivity contribution is 5.20. The van der Waals surface area contributed by atoms with Crippen LogP contribution in [0.3, 0.4) is 0 Å². The highest BCUT2D eigenvalue weighted by Gasteiger charge is 2.40. The van der Waals surface area contributed by atoms with Gasteiger partial charge in [0.15, 0.2) is 0 Å². The maximum atomic E-state index is 13.3. The smallest absolute Gasteiger partial charge is 0.248 e. The van der Waals surface area contributed by atoms with Crippen LogP contribution in [0.25, 0.3) is 0 Å². The van der Waals surface area contributed by atoms with Gasteiger partial charge in [-0.25, -0.2) is 13.8 Å². The van der Waals surface area contributed by atoms with Gasteiger partial charge in [-0.3, -0.25) is 4.98 Å². The van der Waals surface area contributed by atoms with E-state index in [1.165, 1.54) is 19.5 Å². The highest BCUT2D eigenvalue weighted by Crippen LogP contribution is 2.42. The van der Waals surface area contributed by atoms with Crippen molar-refractivity contribution in [2.45, 2.75) is 37.7 Å². The Morgan fingerprint density at radius 1 is 1.44 bits per heavy atom. The molecule has 0 aliphatic heterocycles. The number of aromatic nitrogens is 2. The molecule has 2 atom stereocenters. The van der Waals surface area contributed by atoms with Crippen molar-refractivity contribution < 1.29 is 18.6 Å². The van der Waals surface area contributed by atoms with Crippen LogP contribution in [-0.2, 0) is 0 Å². The number of halogens is 2. The molecule has 0 aromatic carbocycles. The lowest BCUT2D eigenvalue weighted by molar-refractivity contribution is -0.0771. The van der Waals surface area contributed by atoms with Gasteiger partial charge in [0.25, 0.3) is 0 Å². The Labute approximate surface area is 104 Å². The normalized spacial score (nSPS) is 24.6. The van der Waals surface area contributed by atoms with E-state index in [2.05, 4.69) is 9.97 Å². The van der Waals surface area contributed by atoms with Crippen molar-refractivity contribution in [1.82, 2.24) is 9.97 Å². The van der Waals surface area contributed by atoms with Gasteiger partial charge < -0.3 is 9.84 Å². The second kappa shape index (κ2) is 5.14. The van der Waals surface area contributed by atoms with Crippen molar-refractivity contribution in [1.29, 1.82) is 0 Å². The summed E-state index contributed by atoms with van der Waals surface area (Å²) >= 11 is 0. The van der Waals surface area contributed by atoms with Gasteiger partial charge in [0.05, 0.1) is 7.11 Å². The van der Waals surface area contributed by atoms with Gasteiger partial charge in [0.2, 0.25) is 11.8 Å². The second-order valence-corrected chi connectivity index (χ2v) is 4.61. The average molecular weight is 258 g/mol. The molecule has 2 rings (SSSR count). The van der Waals surface area contributed by atoms with E-state index in [0.717, 1.165) is 0 Å². The molecule has 1 aromatic rings. The van der Waals surface area contributed by atoms with E-state index < -0.39 is 17.9 Å². The number of hydrogen-bond acceptors (Lipinski definition) is 4. The maximum Gasteiger partial charge on any atom is 0.248 e. The third kappa shape index (κ3) is 2.75. The van der Waals surface area contributed by atoms with E-state index in [4.69, 9.17) is 4.74 Å². The Morgan fingerprint density at radius 2 is 2.17 bits per heavy atom. The summed E-state index contributed by atoms with van der Waals surface area (Å²) in [5.41, 5.74) is 0.239. The standard InChI is InChI=1S/C12H16F2N2O2/c1-18-11-9(15-5-6-16-11)10(17)8-3-2-4-12(13,14)7-8/h5-6,8,10,17H,2-4,7H2,1H3. The number of nitrogens with zero attached hydrogens (tertiary/aromatic N) is 2. The molecule has 100 valence electrons. The molecule has 0 saturated heterocycles. The minimum absolute atomic E-state index is 0.103. The first-order valence-corrected chi connectivity index (χ1v) is 5.94. The van der Waals surface area contributed by atoms with E-state index in [-0.39, 0.29) is 24.4 Å². The molecule has 0 spiro atoms. The minimum Gasteiger partial charge on any atom is -0.480 e. The van der Waals surface area contributed by atoms with E-state index in [1.807, 2.05) is 0 Å². The number of aliphatic hydroxyl groups is 1. The van der Waals surface area contributed by atoms with Crippen LogP contribution in [0.5, 0.6) is 5.88 Å². The molecule has 1 aromatic heterocycles. The van der Waals surface area contributed by atoms with Crippen LogP contribution in [0, 0.1) is 5.92 Å². The predicted molar refractivity (Wildman–Crippen MR) is 60.4 cm³/mol. The third-order valence-corrected chi connectivity index (χ3v) is 3.29. The van der Waals surface area contributed by atoms with Crippen LogP contribution in [0.15, 0.2) is 12.4 Å². The highest BCUT2D eigenvalue weighted by atomic mass is 19.3. The molecule has 1 aliphatic rings. The molecule has 0 radical (unpaired) electrons. The van der Waals surface area contributed by atoms with Crippen molar-refractivity contribution in [3.63, 3.8) is 0 Å². The fourth-order valence-electron chi connectivity index (χ4n) is 2.40. The number of alkyl halides is 2. The quantitative estimate of drug-likeness (QED) is 0.904. The fourth-order valence-corrected chi connectivity index (χ4v) is 2.40. The molecule has 4 nitrogen and oxygen atoms in total. The van der Waals surface area contributed by atoms with E-state index in [0.29, 0.717) is 12.8 Å². The molecule has 1 aliphatic carbocycles. The zero-order valence-electron chi connectivity index (χ0n) is 10.1. The summed E-state index contributed by atoms with van der Waals surface area (Å²) in [7, 11) is 1.41. The SMILES string of the molecule is COc1nccnc1C(O)C1CCCC(F)(F)C1. The Morgan fingerprint density at radius 3 is 2.83 bits per heavy atom. The van der Waals surface area contributed by atoms with Crippen molar-refractivity contribution >= 4 is 0 Å². The number of ether oxygens (including phenoxy) is 1. The van der Waals surface area contributed by atoms with Crippen LogP contribution < -0.4 is 4.74 Å². The summed E-state index contributed by atoms with van der Waals surface area (Å²) in [6.45, 7) is 0. The number of aliphatic hydroxyl groups excluding tert-OH is 1. The van der Waals surface area contributed by atoms with Gasteiger partial charge in [0.1, 0.15) is 11.8 Å². The zero-order chi connectivity index (χ0) is 13.2. The fraction of sp³-hybridized carbons (Fsp3) is 0.667. The van der Waals surface area contributed by atoms with E-state index >= 15 is 0 Å². The largest absolute Gasteiger partial charge is 0.480 e. The number of hydrogen-bond donors (Lipinski definition) is 1. The Balaban J connectivity index is 2.17. The maximum absolute atomic E-state index is 13.3. The van der Waals surface area contributed by atoms with E-state index in [1.54, 1.807) is 0 Å². The van der Waals surface area contributed by atoms with E-state index in [9.17, 15) is 13.9 Å². The van der Waals surface area contributed by atoms with Crippen molar-refractivity contribution in [2.75, 3.05) is 7.11 Å². The van der Waals surface area contributed by atoms with Crippen molar-refractivity contribution in [2.24, 2.45) is 5.92 Å². The van der Waals surface area contributed by atoms with Gasteiger partial charge in [-0.15, -0.1) is 0 Å². The zero-order valence-corrected chi connectivity index (χ0v) is 10.1. The number of rotatable bonds is 3. The van der Waals surface area contributed by atoms with Gasteiger partial charge >= 0.3 is 0 Å². The molecule has 6 heteroatoms. The number of methoxy groups -OCH3 is 1. The molecule has 18 heavy (non-hydrogen) atoms. The molecule has 1 fully saturated rings. The lowest BCUT2D eigenvalue weighted by Gasteiger charge is -2.31. The summed E-state index contributed by atoms with van der Waals surface area (Å²) < 4.78 is 31.7. The molecule has 2 unspecified atom stereocenters. The Kier molecular flexibility index (Phi) is 3.75. The van der Waals surface area contributed by atoms with Crippen LogP contribution in [0.1, 0.15) is 37.5 Å². The van der Waals surface area contributed by atoms with Gasteiger partial charge in [-0.2, -0.15) is 0 Å². The Hall–Kier alpha value is -1.30. The second-order valence-electron chi connectivity index (χ2n) is 4.61. The summed E-state index contributed by atoms with van der Waals surface area (Å²) in [5.74, 6) is -3.00. The predicted octanol–water partition coefficient (Wildman–Crippen LogP) is 2.34. The molecule has 0 bridgehead atoms. The lowest BCUT2D eigenvalue weighted by Crippen LogP contribution is -2.30. The monoisotopic (exact) mass is 258 g/mol. The Bertz CT molecular complexity index is 415. The molecule has 1 saturated carbocycles. The molecule has 1 N–H and O–H groups in total. The topological polar surface area (TPSA) is 55.2 Å². The van der Waals surface area contributed by atoms with Crippen LogP contribution in [0.4, 0.5) is 8.78 Å². The van der Waals surface area contributed by atoms with Crippen molar-refractivity contribution in [3.05, 3.63) is 18.1 Å².